The summed E-state index contributed by atoms with van der Waals surface area (Å²) in [4.78, 5) is 30.4. The number of nitrogens with one attached hydrogen (secondary N) is 1. The molecule has 0 radical (unpaired) electrons. The van der Waals surface area contributed by atoms with Gasteiger partial charge >= 0.3 is 0 Å². The summed E-state index contributed by atoms with van der Waals surface area (Å²) in [5.41, 5.74) is 2.49. The minimum atomic E-state index is -0.145. The molecule has 5 nitrogen and oxygen atoms in total. The summed E-state index contributed by atoms with van der Waals surface area (Å²) in [6.07, 6.45) is 1.24. The molecule has 0 saturated carbocycles. The maximum Gasteiger partial charge on any atom is 0.228 e. The summed E-state index contributed by atoms with van der Waals surface area (Å²) in [5, 5.41) is 0. The van der Waals surface area contributed by atoms with E-state index >= 15 is 0 Å². The van der Waals surface area contributed by atoms with E-state index in [1.165, 1.54) is 11.1 Å². The Morgan fingerprint density at radius 2 is 1.88 bits per heavy atom. The summed E-state index contributed by atoms with van der Waals surface area (Å²) in [6.45, 7) is 10.4. The van der Waals surface area contributed by atoms with Gasteiger partial charge in [-0.1, -0.05) is 29.8 Å². The van der Waals surface area contributed by atoms with Crippen LogP contribution < -0.4 is 4.90 Å². The fraction of sp³-hybridized carbons (Fsp3) is 0.600. The average molecular weight is 344 g/mol. The van der Waals surface area contributed by atoms with Crippen molar-refractivity contribution in [2.24, 2.45) is 5.92 Å². The van der Waals surface area contributed by atoms with Crippen LogP contribution in [0.2, 0.25) is 0 Å². The first-order valence-electron chi connectivity index (χ1n) is 9.52. The molecule has 0 aromatic heterocycles. The van der Waals surface area contributed by atoms with Gasteiger partial charge in [0.2, 0.25) is 11.8 Å². The number of piperazine rings is 1. The predicted molar refractivity (Wildman–Crippen MR) is 97.4 cm³/mol. The first kappa shape index (κ1) is 17.9. The molecule has 1 unspecified atom stereocenters. The zero-order valence-corrected chi connectivity index (χ0v) is 15.5. The molecule has 0 bridgehead atoms. The first-order valence-corrected chi connectivity index (χ1v) is 9.52. The van der Waals surface area contributed by atoms with Gasteiger partial charge in [-0.15, -0.1) is 0 Å². The quantitative estimate of drug-likeness (QED) is 0.825. The third-order valence-corrected chi connectivity index (χ3v) is 5.64. The molecule has 0 spiro atoms. The number of hydrogen-bond acceptors (Lipinski definition) is 2. The van der Waals surface area contributed by atoms with Crippen molar-refractivity contribution in [1.82, 2.24) is 9.80 Å². The highest BCUT2D eigenvalue weighted by Crippen LogP contribution is 2.21. The van der Waals surface area contributed by atoms with Gasteiger partial charge in [-0.3, -0.25) is 9.59 Å². The Morgan fingerprint density at radius 3 is 2.52 bits per heavy atom. The molecule has 0 aliphatic carbocycles. The highest BCUT2D eigenvalue weighted by molar-refractivity contribution is 5.89. The zero-order valence-electron chi connectivity index (χ0n) is 15.5. The Hall–Kier alpha value is -1.88. The van der Waals surface area contributed by atoms with Gasteiger partial charge in [0.1, 0.15) is 0 Å². The monoisotopic (exact) mass is 344 g/mol. The van der Waals surface area contributed by atoms with Gasteiger partial charge in [0, 0.05) is 19.5 Å². The van der Waals surface area contributed by atoms with Crippen LogP contribution in [0.25, 0.3) is 0 Å². The Labute approximate surface area is 150 Å². The normalized spacial score (nSPS) is 21.8. The summed E-state index contributed by atoms with van der Waals surface area (Å²) < 4.78 is 0. The third kappa shape index (κ3) is 4.40. The first-order chi connectivity index (χ1) is 12.1. The van der Waals surface area contributed by atoms with Crippen LogP contribution >= 0.6 is 0 Å². The number of quaternary nitrogens is 1. The second-order valence-electron chi connectivity index (χ2n) is 7.41. The molecule has 2 fully saturated rings. The van der Waals surface area contributed by atoms with Crippen LogP contribution in [0.4, 0.5) is 0 Å². The highest BCUT2D eigenvalue weighted by Gasteiger charge is 2.37. The molecule has 2 heterocycles. The minimum absolute atomic E-state index is 0.128. The molecule has 1 aromatic rings. The topological polar surface area (TPSA) is 45.1 Å². The van der Waals surface area contributed by atoms with Crippen LogP contribution in [0, 0.1) is 12.8 Å². The lowest BCUT2D eigenvalue weighted by Crippen LogP contribution is -3.14. The molecule has 1 N–H and O–H groups in total. The second-order valence-corrected chi connectivity index (χ2v) is 7.41. The van der Waals surface area contributed by atoms with Crippen molar-refractivity contribution < 1.29 is 14.5 Å². The molecule has 1 aromatic carbocycles. The lowest BCUT2D eigenvalue weighted by molar-refractivity contribution is -0.902. The molecule has 25 heavy (non-hydrogen) atoms. The Kier molecular flexibility index (Phi) is 5.74. The fourth-order valence-corrected chi connectivity index (χ4v) is 3.83. The van der Waals surface area contributed by atoms with E-state index < -0.39 is 0 Å². The van der Waals surface area contributed by atoms with Crippen LogP contribution in [0.15, 0.2) is 24.3 Å². The number of likely N-dealkylation sites (N-methyl/N-ethyl adjacent to an activating group) is 1. The number of benzene rings is 1. The van der Waals surface area contributed by atoms with Crippen molar-refractivity contribution in [3.05, 3.63) is 35.4 Å². The standard InChI is InChI=1S/C20H29N3O2/c1-3-21-10-12-22(13-11-21)20(25)18-14-19(24)23(15-18)9-8-17-6-4-16(2)5-7-17/h4-7,18H,3,8-15H2,1-2H3/p+1. The number of carbonyl (C=O) groups excluding carboxylic acids is 2. The summed E-state index contributed by atoms with van der Waals surface area (Å²) in [5.74, 6) is 0.165. The lowest BCUT2D eigenvalue weighted by atomic mass is 10.1. The molecular formula is C20H30N3O2+. The predicted octanol–water partition coefficient (Wildman–Crippen LogP) is 0.133. The molecule has 2 saturated heterocycles. The van der Waals surface area contributed by atoms with Gasteiger partial charge in [0.25, 0.3) is 0 Å². The van der Waals surface area contributed by atoms with Crippen LogP contribution in [0.5, 0.6) is 0 Å². The molecule has 1 atom stereocenters. The van der Waals surface area contributed by atoms with Crippen LogP contribution in [0.3, 0.4) is 0 Å². The van der Waals surface area contributed by atoms with E-state index in [2.05, 4.69) is 38.1 Å². The zero-order chi connectivity index (χ0) is 17.8. The van der Waals surface area contributed by atoms with Crippen LogP contribution in [0.1, 0.15) is 24.5 Å². The Balaban J connectivity index is 1.50. The second kappa shape index (κ2) is 8.00. The molecular weight excluding hydrogens is 314 g/mol. The smallest absolute Gasteiger partial charge is 0.228 e. The molecule has 2 amide bonds. The van der Waals surface area contributed by atoms with E-state index in [0.717, 1.165) is 39.1 Å². The third-order valence-electron chi connectivity index (χ3n) is 5.64. The lowest BCUT2D eigenvalue weighted by Gasteiger charge is -2.33. The van der Waals surface area contributed by atoms with Gasteiger partial charge in [-0.2, -0.15) is 0 Å². The van der Waals surface area contributed by atoms with Crippen molar-refractivity contribution in [1.29, 1.82) is 0 Å². The van der Waals surface area contributed by atoms with Crippen molar-refractivity contribution in [3.8, 4) is 0 Å². The summed E-state index contributed by atoms with van der Waals surface area (Å²) in [6, 6.07) is 8.44. The largest absolute Gasteiger partial charge is 0.342 e. The Bertz CT molecular complexity index is 606. The van der Waals surface area contributed by atoms with E-state index in [1.54, 1.807) is 4.90 Å². The van der Waals surface area contributed by atoms with Gasteiger partial charge in [-0.25, -0.2) is 0 Å². The van der Waals surface area contributed by atoms with E-state index in [9.17, 15) is 9.59 Å². The summed E-state index contributed by atoms with van der Waals surface area (Å²) in [7, 11) is 0. The van der Waals surface area contributed by atoms with Gasteiger partial charge in [-0.05, 0) is 25.8 Å². The highest BCUT2D eigenvalue weighted by atomic mass is 16.2. The maximum atomic E-state index is 12.7. The van der Waals surface area contributed by atoms with E-state index in [-0.39, 0.29) is 17.7 Å². The Morgan fingerprint density at radius 1 is 1.20 bits per heavy atom. The fourth-order valence-electron chi connectivity index (χ4n) is 3.83. The van der Waals surface area contributed by atoms with Crippen molar-refractivity contribution >= 4 is 11.8 Å². The van der Waals surface area contributed by atoms with Crippen LogP contribution in [-0.4, -0.2) is 67.4 Å². The molecule has 2 aliphatic rings. The molecule has 5 heteroatoms. The summed E-state index contributed by atoms with van der Waals surface area (Å²) >= 11 is 0. The van der Waals surface area contributed by atoms with Crippen LogP contribution in [-0.2, 0) is 16.0 Å². The molecule has 136 valence electrons. The number of carbonyl (C=O) groups is 2. The van der Waals surface area contributed by atoms with Gasteiger partial charge in [0.15, 0.2) is 0 Å². The number of amides is 2. The number of rotatable bonds is 5. The minimum Gasteiger partial charge on any atom is -0.342 e. The van der Waals surface area contributed by atoms with Crippen molar-refractivity contribution in [3.63, 3.8) is 0 Å². The van der Waals surface area contributed by atoms with Crippen molar-refractivity contribution in [2.45, 2.75) is 26.7 Å². The van der Waals surface area contributed by atoms with Gasteiger partial charge < -0.3 is 14.7 Å². The number of nitrogens with zero attached hydrogens (tertiary/aromatic N) is 2. The van der Waals surface area contributed by atoms with Crippen molar-refractivity contribution in [2.75, 3.05) is 45.8 Å². The van der Waals surface area contributed by atoms with Gasteiger partial charge in [0.05, 0.1) is 38.6 Å². The molecule has 3 rings (SSSR count). The average Bonchev–Trinajstić information content (AvgIpc) is 3.01. The number of likely N-dealkylation sites (tertiary alicyclic amines) is 1. The SMILES string of the molecule is CC[NH+]1CCN(C(=O)C2CC(=O)N(CCc3ccc(C)cc3)C2)CC1. The maximum absolute atomic E-state index is 12.7. The number of hydrogen-bond donors (Lipinski definition) is 1. The molecule has 2 aliphatic heterocycles. The number of aryl methyl sites for hydroxylation is 1. The van der Waals surface area contributed by atoms with E-state index in [4.69, 9.17) is 0 Å². The van der Waals surface area contributed by atoms with E-state index in [0.29, 0.717) is 19.5 Å². The van der Waals surface area contributed by atoms with E-state index in [1.807, 2.05) is 9.80 Å².